The molecule has 1 saturated carbocycles. The fourth-order valence-electron chi connectivity index (χ4n) is 4.24. The fourth-order valence-corrected chi connectivity index (χ4v) is 4.24. The van der Waals surface area contributed by atoms with E-state index in [9.17, 15) is 8.78 Å². The standard InChI is InChI=1S/C25H38F2O/c1-2-3-4-5-6-7-8-9-10-19-28-24-17-15-23(16-18-24)22-13-11-21(12-14-22)20-25(26)27/h15-18,20-22H,2-14,19H2,1H3. The number of hydrogen-bond acceptors (Lipinski definition) is 1. The molecule has 1 aromatic carbocycles. The molecule has 1 aliphatic rings. The Morgan fingerprint density at radius 3 is 2.00 bits per heavy atom. The molecule has 1 aromatic rings. The quantitative estimate of drug-likeness (QED) is 0.305. The van der Waals surface area contributed by atoms with E-state index in [1.165, 1.54) is 56.9 Å². The molecule has 0 amide bonds. The zero-order valence-corrected chi connectivity index (χ0v) is 17.6. The molecule has 28 heavy (non-hydrogen) atoms. The largest absolute Gasteiger partial charge is 0.494 e. The van der Waals surface area contributed by atoms with Gasteiger partial charge in [0.25, 0.3) is 6.08 Å². The predicted molar refractivity (Wildman–Crippen MR) is 114 cm³/mol. The van der Waals surface area contributed by atoms with Gasteiger partial charge in [-0.25, -0.2) is 0 Å². The first kappa shape index (κ1) is 22.9. The van der Waals surface area contributed by atoms with Gasteiger partial charge < -0.3 is 4.74 Å². The SMILES string of the molecule is CCCCCCCCCCCOc1ccc(C2CCC(C=C(F)F)CC2)cc1. The van der Waals surface area contributed by atoms with Crippen LogP contribution in [-0.2, 0) is 0 Å². The van der Waals surface area contributed by atoms with Crippen LogP contribution >= 0.6 is 0 Å². The van der Waals surface area contributed by atoms with E-state index in [0.717, 1.165) is 50.5 Å². The highest BCUT2D eigenvalue weighted by Gasteiger charge is 2.21. The predicted octanol–water partition coefficient (Wildman–Crippen LogP) is 8.65. The molecule has 0 radical (unpaired) electrons. The van der Waals surface area contributed by atoms with Crippen LogP contribution in [0.4, 0.5) is 8.78 Å². The fraction of sp³-hybridized carbons (Fsp3) is 0.680. The minimum Gasteiger partial charge on any atom is -0.494 e. The average molecular weight is 393 g/mol. The highest BCUT2D eigenvalue weighted by atomic mass is 19.3. The van der Waals surface area contributed by atoms with E-state index < -0.39 is 6.08 Å². The van der Waals surface area contributed by atoms with Gasteiger partial charge in [0.05, 0.1) is 6.61 Å². The minimum absolute atomic E-state index is 0.0557. The van der Waals surface area contributed by atoms with E-state index in [-0.39, 0.29) is 5.92 Å². The van der Waals surface area contributed by atoms with Gasteiger partial charge in [-0.2, -0.15) is 8.78 Å². The van der Waals surface area contributed by atoms with Gasteiger partial charge in [0, 0.05) is 0 Å². The second-order valence-corrected chi connectivity index (χ2v) is 8.31. The molecule has 0 unspecified atom stereocenters. The van der Waals surface area contributed by atoms with Crippen LogP contribution in [0.25, 0.3) is 0 Å². The lowest BCUT2D eigenvalue weighted by molar-refractivity contribution is 0.304. The van der Waals surface area contributed by atoms with Gasteiger partial charge in [-0.15, -0.1) is 0 Å². The molecular weight excluding hydrogens is 354 g/mol. The Balaban J connectivity index is 1.56. The van der Waals surface area contributed by atoms with Crippen molar-refractivity contribution < 1.29 is 13.5 Å². The Morgan fingerprint density at radius 2 is 1.43 bits per heavy atom. The van der Waals surface area contributed by atoms with E-state index in [1.54, 1.807) is 0 Å². The van der Waals surface area contributed by atoms with Crippen molar-refractivity contribution in [2.24, 2.45) is 5.92 Å². The third kappa shape index (κ3) is 9.21. The smallest absolute Gasteiger partial charge is 0.266 e. The van der Waals surface area contributed by atoms with E-state index in [2.05, 4.69) is 31.2 Å². The molecule has 1 nitrogen and oxygen atoms in total. The molecular formula is C25H38F2O. The molecule has 2 rings (SSSR count). The maximum atomic E-state index is 12.4. The maximum absolute atomic E-state index is 12.4. The first-order valence-corrected chi connectivity index (χ1v) is 11.4. The van der Waals surface area contributed by atoms with Crippen molar-refractivity contribution in [2.75, 3.05) is 6.61 Å². The molecule has 0 N–H and O–H groups in total. The molecule has 0 aliphatic heterocycles. The normalized spacial score (nSPS) is 19.4. The zero-order chi connectivity index (χ0) is 20.0. The van der Waals surface area contributed by atoms with Crippen LogP contribution in [0.1, 0.15) is 102 Å². The van der Waals surface area contributed by atoms with Gasteiger partial charge in [-0.3, -0.25) is 0 Å². The number of rotatable bonds is 13. The Bertz CT molecular complexity index is 540. The van der Waals surface area contributed by atoms with Gasteiger partial charge in [-0.05, 0) is 67.7 Å². The average Bonchev–Trinajstić information content (AvgIpc) is 2.70. The molecule has 0 saturated heterocycles. The van der Waals surface area contributed by atoms with Crippen molar-refractivity contribution in [3.63, 3.8) is 0 Å². The Kier molecular flexibility index (Phi) is 11.2. The van der Waals surface area contributed by atoms with E-state index >= 15 is 0 Å². The van der Waals surface area contributed by atoms with Crippen LogP contribution in [0.3, 0.4) is 0 Å². The second kappa shape index (κ2) is 13.7. The van der Waals surface area contributed by atoms with Gasteiger partial charge in [0.2, 0.25) is 0 Å². The van der Waals surface area contributed by atoms with E-state index in [4.69, 9.17) is 4.74 Å². The highest BCUT2D eigenvalue weighted by Crippen LogP contribution is 2.37. The summed E-state index contributed by atoms with van der Waals surface area (Å²) in [5.74, 6) is 1.50. The number of benzene rings is 1. The summed E-state index contributed by atoms with van der Waals surface area (Å²) >= 11 is 0. The van der Waals surface area contributed by atoms with Crippen molar-refractivity contribution in [3.8, 4) is 5.75 Å². The van der Waals surface area contributed by atoms with Gasteiger partial charge in [0.15, 0.2) is 0 Å². The van der Waals surface area contributed by atoms with Crippen LogP contribution in [0, 0.1) is 5.92 Å². The lowest BCUT2D eigenvalue weighted by Crippen LogP contribution is -2.11. The maximum Gasteiger partial charge on any atom is 0.266 e. The molecule has 0 atom stereocenters. The summed E-state index contributed by atoms with van der Waals surface area (Å²) in [6.07, 6.45) is 15.2. The Labute approximate surface area is 170 Å². The van der Waals surface area contributed by atoms with E-state index in [0.29, 0.717) is 5.92 Å². The van der Waals surface area contributed by atoms with Crippen LogP contribution in [0.5, 0.6) is 5.75 Å². The summed E-state index contributed by atoms with van der Waals surface area (Å²) in [7, 11) is 0. The number of halogens is 2. The molecule has 158 valence electrons. The summed E-state index contributed by atoms with van der Waals surface area (Å²) in [4.78, 5) is 0. The first-order valence-electron chi connectivity index (χ1n) is 11.4. The van der Waals surface area contributed by atoms with Crippen molar-refractivity contribution in [1.82, 2.24) is 0 Å². The number of hydrogen-bond donors (Lipinski definition) is 0. The van der Waals surface area contributed by atoms with Crippen molar-refractivity contribution >= 4 is 0 Å². The van der Waals surface area contributed by atoms with Crippen molar-refractivity contribution in [3.05, 3.63) is 42.0 Å². The van der Waals surface area contributed by atoms with Crippen LogP contribution in [0.15, 0.2) is 36.4 Å². The van der Waals surface area contributed by atoms with Crippen molar-refractivity contribution in [1.29, 1.82) is 0 Å². The van der Waals surface area contributed by atoms with Crippen LogP contribution in [0.2, 0.25) is 0 Å². The summed E-state index contributed by atoms with van der Waals surface area (Å²) in [5.41, 5.74) is 1.32. The summed E-state index contributed by atoms with van der Waals surface area (Å²) in [5, 5.41) is 0. The van der Waals surface area contributed by atoms with Crippen molar-refractivity contribution in [2.45, 2.75) is 96.3 Å². The third-order valence-electron chi connectivity index (χ3n) is 6.00. The molecule has 0 heterocycles. The lowest BCUT2D eigenvalue weighted by atomic mass is 9.79. The third-order valence-corrected chi connectivity index (χ3v) is 6.00. The van der Waals surface area contributed by atoms with Crippen LogP contribution < -0.4 is 4.74 Å². The van der Waals surface area contributed by atoms with Gasteiger partial charge in [0.1, 0.15) is 5.75 Å². The van der Waals surface area contributed by atoms with Gasteiger partial charge in [-0.1, -0.05) is 70.4 Å². The molecule has 1 aliphatic carbocycles. The number of ether oxygens (including phenoxy) is 1. The number of allylic oxidation sites excluding steroid dienone is 1. The monoisotopic (exact) mass is 392 g/mol. The summed E-state index contributed by atoms with van der Waals surface area (Å²) in [6.45, 7) is 3.05. The Morgan fingerprint density at radius 1 is 0.857 bits per heavy atom. The van der Waals surface area contributed by atoms with Gasteiger partial charge >= 0.3 is 0 Å². The molecule has 0 bridgehead atoms. The lowest BCUT2D eigenvalue weighted by Gasteiger charge is -2.26. The molecule has 0 spiro atoms. The summed E-state index contributed by atoms with van der Waals surface area (Å²) in [6, 6.07) is 8.44. The second-order valence-electron chi connectivity index (χ2n) is 8.31. The topological polar surface area (TPSA) is 9.23 Å². The highest BCUT2D eigenvalue weighted by molar-refractivity contribution is 5.29. The zero-order valence-electron chi connectivity index (χ0n) is 17.6. The Hall–Kier alpha value is -1.38. The first-order chi connectivity index (χ1) is 13.7. The molecule has 1 fully saturated rings. The molecule has 0 aromatic heterocycles. The summed E-state index contributed by atoms with van der Waals surface area (Å²) < 4.78 is 30.6. The minimum atomic E-state index is -1.53. The number of unbranched alkanes of at least 4 members (excludes halogenated alkanes) is 8. The molecule has 3 heteroatoms. The van der Waals surface area contributed by atoms with E-state index in [1.807, 2.05) is 0 Å². The van der Waals surface area contributed by atoms with Crippen LogP contribution in [-0.4, -0.2) is 6.61 Å².